The van der Waals surface area contributed by atoms with E-state index in [2.05, 4.69) is 4.98 Å². The molecule has 6 heteroatoms. The van der Waals surface area contributed by atoms with Crippen molar-refractivity contribution in [3.8, 4) is 11.1 Å². The first-order valence-electron chi connectivity index (χ1n) is 10.1. The van der Waals surface area contributed by atoms with Crippen LogP contribution in [0.4, 0.5) is 4.39 Å². The molecule has 0 aliphatic heterocycles. The van der Waals surface area contributed by atoms with E-state index in [1.165, 1.54) is 12.1 Å². The molecular weight excluding hydrogens is 417 g/mol. The summed E-state index contributed by atoms with van der Waals surface area (Å²) in [5.41, 5.74) is 3.88. The lowest BCUT2D eigenvalue weighted by atomic mass is 9.78. The molecule has 1 heterocycles. The van der Waals surface area contributed by atoms with Gasteiger partial charge in [0.05, 0.1) is 23.6 Å². The summed E-state index contributed by atoms with van der Waals surface area (Å²) in [5.74, 6) is -1.06. The molecule has 1 atom stereocenters. The van der Waals surface area contributed by atoms with Crippen molar-refractivity contribution in [2.24, 2.45) is 0 Å². The lowest BCUT2D eigenvalue weighted by Crippen LogP contribution is -2.24. The number of hydrogen-bond donors (Lipinski definition) is 0. The Kier molecular flexibility index (Phi) is 5.88. The van der Waals surface area contributed by atoms with Crippen LogP contribution >= 0.6 is 11.6 Å². The summed E-state index contributed by atoms with van der Waals surface area (Å²) in [7, 11) is 0. The highest BCUT2D eigenvalue weighted by Gasteiger charge is 2.34. The number of ether oxygens (including phenoxy) is 1. The summed E-state index contributed by atoms with van der Waals surface area (Å²) in [6, 6.07) is 13.2. The van der Waals surface area contributed by atoms with Gasteiger partial charge in [0.15, 0.2) is 5.78 Å². The molecule has 31 heavy (non-hydrogen) atoms. The molecule has 3 aromatic rings. The molecule has 2 aromatic carbocycles. The van der Waals surface area contributed by atoms with Crippen LogP contribution in [0.3, 0.4) is 0 Å². The number of hydrogen-bond acceptors (Lipinski definition) is 4. The Hall–Kier alpha value is -3.05. The van der Waals surface area contributed by atoms with E-state index >= 15 is 0 Å². The molecule has 0 saturated carbocycles. The van der Waals surface area contributed by atoms with E-state index in [0.717, 1.165) is 5.56 Å². The van der Waals surface area contributed by atoms with E-state index in [1.54, 1.807) is 26.0 Å². The van der Waals surface area contributed by atoms with Gasteiger partial charge in [-0.3, -0.25) is 9.78 Å². The zero-order chi connectivity index (χ0) is 22.1. The van der Waals surface area contributed by atoms with E-state index in [0.29, 0.717) is 39.5 Å². The number of aromatic nitrogens is 1. The minimum atomic E-state index is -0.540. The molecular formula is C25H21ClFNO3. The summed E-state index contributed by atoms with van der Waals surface area (Å²) >= 11 is 6.00. The number of benzene rings is 2. The number of nitrogens with zero attached hydrogens (tertiary/aromatic N) is 1. The van der Waals surface area contributed by atoms with Crippen molar-refractivity contribution in [2.75, 3.05) is 6.61 Å². The maximum absolute atomic E-state index is 13.6. The third-order valence-electron chi connectivity index (χ3n) is 5.56. The SMILES string of the molecule is CCOC(=O)c1c(C)nc2c(c1-c1ccc(F)cc1)C(=O)CC(c1ccc(Cl)cc1)C2. The van der Waals surface area contributed by atoms with Gasteiger partial charge >= 0.3 is 5.97 Å². The molecule has 0 amide bonds. The minimum Gasteiger partial charge on any atom is -0.462 e. The van der Waals surface area contributed by atoms with Crippen LogP contribution in [-0.2, 0) is 11.2 Å². The van der Waals surface area contributed by atoms with Gasteiger partial charge in [-0.05, 0) is 61.6 Å². The molecule has 1 aromatic heterocycles. The largest absolute Gasteiger partial charge is 0.462 e. The summed E-state index contributed by atoms with van der Waals surface area (Å²) in [6.45, 7) is 3.65. The van der Waals surface area contributed by atoms with Crippen LogP contribution in [0.25, 0.3) is 11.1 Å². The Balaban J connectivity index is 1.89. The predicted molar refractivity (Wildman–Crippen MR) is 117 cm³/mol. The number of ketones is 1. The number of Topliss-reactive ketones (excluding diaryl/α,β-unsaturated/α-hetero) is 1. The van der Waals surface area contributed by atoms with E-state index in [4.69, 9.17) is 16.3 Å². The number of rotatable bonds is 4. The van der Waals surface area contributed by atoms with Gasteiger partial charge in [-0.25, -0.2) is 9.18 Å². The third kappa shape index (κ3) is 4.10. The van der Waals surface area contributed by atoms with Gasteiger partial charge in [-0.15, -0.1) is 0 Å². The molecule has 1 aliphatic rings. The van der Waals surface area contributed by atoms with Crippen LogP contribution in [0.5, 0.6) is 0 Å². The van der Waals surface area contributed by atoms with Gasteiger partial charge in [0, 0.05) is 22.6 Å². The molecule has 1 unspecified atom stereocenters. The third-order valence-corrected chi connectivity index (χ3v) is 5.81. The highest BCUT2D eigenvalue weighted by Crippen LogP contribution is 2.39. The lowest BCUT2D eigenvalue weighted by Gasteiger charge is -2.27. The first-order chi connectivity index (χ1) is 14.9. The zero-order valence-corrected chi connectivity index (χ0v) is 18.0. The number of aryl methyl sites for hydroxylation is 1. The van der Waals surface area contributed by atoms with Crippen molar-refractivity contribution >= 4 is 23.4 Å². The Morgan fingerprint density at radius 3 is 2.42 bits per heavy atom. The molecule has 0 N–H and O–H groups in total. The molecule has 4 rings (SSSR count). The average molecular weight is 438 g/mol. The summed E-state index contributed by atoms with van der Waals surface area (Å²) < 4.78 is 18.8. The van der Waals surface area contributed by atoms with Crippen molar-refractivity contribution in [1.29, 1.82) is 0 Å². The standard InChI is InChI=1S/C25H21ClFNO3/c1-3-31-25(30)22-14(2)28-20-12-17(15-4-8-18(26)9-5-15)13-21(29)24(20)23(22)16-6-10-19(27)11-7-16/h4-11,17H,3,12-13H2,1-2H3. The van der Waals surface area contributed by atoms with Crippen LogP contribution in [0.2, 0.25) is 5.02 Å². The van der Waals surface area contributed by atoms with Gasteiger partial charge in [0.1, 0.15) is 5.82 Å². The van der Waals surface area contributed by atoms with Gasteiger partial charge in [-0.1, -0.05) is 35.9 Å². The van der Waals surface area contributed by atoms with E-state index in [1.807, 2.05) is 24.3 Å². The number of halogens is 2. The Morgan fingerprint density at radius 2 is 1.77 bits per heavy atom. The Labute approximate surface area is 185 Å². The van der Waals surface area contributed by atoms with Crippen LogP contribution in [0.1, 0.15) is 56.9 Å². The van der Waals surface area contributed by atoms with Crippen molar-refractivity contribution < 1.29 is 18.7 Å². The van der Waals surface area contributed by atoms with Gasteiger partial charge in [0.2, 0.25) is 0 Å². The molecule has 4 nitrogen and oxygen atoms in total. The Bertz CT molecular complexity index is 1160. The fraction of sp³-hybridized carbons (Fsp3) is 0.240. The van der Waals surface area contributed by atoms with Crippen molar-refractivity contribution in [1.82, 2.24) is 4.98 Å². The summed E-state index contributed by atoms with van der Waals surface area (Å²) in [6.07, 6.45) is 0.844. The second kappa shape index (κ2) is 8.60. The molecule has 0 fully saturated rings. The van der Waals surface area contributed by atoms with Crippen molar-refractivity contribution in [3.05, 3.63) is 87.4 Å². The van der Waals surface area contributed by atoms with Crippen LogP contribution in [0.15, 0.2) is 48.5 Å². The summed E-state index contributed by atoms with van der Waals surface area (Å²) in [5, 5.41) is 0.637. The molecule has 1 aliphatic carbocycles. The van der Waals surface area contributed by atoms with Crippen molar-refractivity contribution in [3.63, 3.8) is 0 Å². The highest BCUT2D eigenvalue weighted by molar-refractivity contribution is 6.30. The number of esters is 1. The van der Waals surface area contributed by atoms with Crippen LogP contribution in [-0.4, -0.2) is 23.3 Å². The lowest BCUT2D eigenvalue weighted by molar-refractivity contribution is 0.0526. The fourth-order valence-electron chi connectivity index (χ4n) is 4.17. The number of carbonyl (C=O) groups is 2. The maximum Gasteiger partial charge on any atom is 0.340 e. The first kappa shape index (κ1) is 21.2. The predicted octanol–water partition coefficient (Wildman–Crippen LogP) is 5.94. The monoisotopic (exact) mass is 437 g/mol. The van der Waals surface area contributed by atoms with Crippen molar-refractivity contribution in [2.45, 2.75) is 32.6 Å². The van der Waals surface area contributed by atoms with Crippen LogP contribution < -0.4 is 0 Å². The van der Waals surface area contributed by atoms with Gasteiger partial charge in [0.25, 0.3) is 0 Å². The zero-order valence-electron chi connectivity index (χ0n) is 17.2. The second-order valence-corrected chi connectivity index (χ2v) is 8.01. The van der Waals surface area contributed by atoms with E-state index in [9.17, 15) is 14.0 Å². The molecule has 0 spiro atoms. The van der Waals surface area contributed by atoms with Crippen LogP contribution in [0, 0.1) is 12.7 Å². The number of fused-ring (bicyclic) bond motifs is 1. The normalized spacial score (nSPS) is 15.5. The van der Waals surface area contributed by atoms with Gasteiger partial charge < -0.3 is 4.74 Å². The molecule has 0 bridgehead atoms. The molecule has 0 radical (unpaired) electrons. The highest BCUT2D eigenvalue weighted by atomic mass is 35.5. The fourth-order valence-corrected chi connectivity index (χ4v) is 4.30. The first-order valence-corrected chi connectivity index (χ1v) is 10.5. The second-order valence-electron chi connectivity index (χ2n) is 7.58. The smallest absolute Gasteiger partial charge is 0.340 e. The Morgan fingerprint density at radius 1 is 1.10 bits per heavy atom. The molecule has 158 valence electrons. The van der Waals surface area contributed by atoms with E-state index in [-0.39, 0.29) is 30.3 Å². The van der Waals surface area contributed by atoms with E-state index < -0.39 is 11.8 Å². The quantitative estimate of drug-likeness (QED) is 0.474. The maximum atomic E-state index is 13.6. The number of carbonyl (C=O) groups excluding carboxylic acids is 2. The molecule has 0 saturated heterocycles. The number of pyridine rings is 1. The minimum absolute atomic E-state index is 0.0290. The topological polar surface area (TPSA) is 56.3 Å². The summed E-state index contributed by atoms with van der Waals surface area (Å²) in [4.78, 5) is 30.8. The average Bonchev–Trinajstić information content (AvgIpc) is 2.74. The van der Waals surface area contributed by atoms with Gasteiger partial charge in [-0.2, -0.15) is 0 Å².